The molecule has 1 aromatic carbocycles. The van der Waals surface area contributed by atoms with E-state index in [9.17, 15) is 14.4 Å². The van der Waals surface area contributed by atoms with E-state index in [1.54, 1.807) is 31.4 Å². The summed E-state index contributed by atoms with van der Waals surface area (Å²) >= 11 is 6.95. The molecule has 1 amide bonds. The van der Waals surface area contributed by atoms with Crippen molar-refractivity contribution in [3.05, 3.63) is 51.2 Å². The van der Waals surface area contributed by atoms with E-state index >= 15 is 0 Å². The molecule has 144 valence electrons. The zero-order chi connectivity index (χ0) is 19.8. The molecule has 0 unspecified atom stereocenters. The van der Waals surface area contributed by atoms with Crippen LogP contribution in [0.25, 0.3) is 0 Å². The van der Waals surface area contributed by atoms with Crippen molar-refractivity contribution >= 4 is 40.6 Å². The van der Waals surface area contributed by atoms with Crippen LogP contribution in [-0.2, 0) is 20.9 Å². The van der Waals surface area contributed by atoms with Crippen LogP contribution in [0, 0.1) is 0 Å². The molecule has 0 saturated carbocycles. The minimum Gasteiger partial charge on any atom is -0.497 e. The van der Waals surface area contributed by atoms with E-state index in [1.165, 1.54) is 6.92 Å². The number of methoxy groups -OCH3 is 1. The summed E-state index contributed by atoms with van der Waals surface area (Å²) in [5.74, 6) is -0.458. The maximum atomic E-state index is 12.0. The third kappa shape index (κ3) is 6.69. The second-order valence-corrected chi connectivity index (χ2v) is 7.44. The number of esters is 1. The van der Waals surface area contributed by atoms with E-state index in [4.69, 9.17) is 21.1 Å². The van der Waals surface area contributed by atoms with Crippen LogP contribution in [0.1, 0.15) is 35.0 Å². The van der Waals surface area contributed by atoms with Gasteiger partial charge in [-0.2, -0.15) is 0 Å². The summed E-state index contributed by atoms with van der Waals surface area (Å²) in [4.78, 5) is 36.3. The van der Waals surface area contributed by atoms with E-state index in [0.29, 0.717) is 15.8 Å². The first-order valence-electron chi connectivity index (χ1n) is 8.27. The van der Waals surface area contributed by atoms with Crippen LogP contribution in [-0.4, -0.2) is 30.9 Å². The van der Waals surface area contributed by atoms with Crippen LogP contribution in [0.3, 0.4) is 0 Å². The summed E-state index contributed by atoms with van der Waals surface area (Å²) < 4.78 is 10.7. The molecule has 1 heterocycles. The molecule has 0 aliphatic rings. The number of amides is 1. The molecule has 8 heteroatoms. The Morgan fingerprint density at radius 3 is 2.41 bits per heavy atom. The number of nitrogens with one attached hydrogen (secondary N) is 1. The molecule has 0 bridgehead atoms. The first-order valence-corrected chi connectivity index (χ1v) is 9.47. The molecule has 0 spiro atoms. The van der Waals surface area contributed by atoms with Crippen LogP contribution in [0.2, 0.25) is 4.34 Å². The van der Waals surface area contributed by atoms with Crippen LogP contribution >= 0.6 is 22.9 Å². The van der Waals surface area contributed by atoms with Gasteiger partial charge in [-0.1, -0.05) is 23.7 Å². The number of hydrogen-bond acceptors (Lipinski definition) is 6. The van der Waals surface area contributed by atoms with E-state index < -0.39 is 18.0 Å². The van der Waals surface area contributed by atoms with Gasteiger partial charge in [-0.3, -0.25) is 14.4 Å². The Labute approximate surface area is 166 Å². The van der Waals surface area contributed by atoms with Crippen LogP contribution < -0.4 is 10.1 Å². The van der Waals surface area contributed by atoms with Crippen LogP contribution in [0.4, 0.5) is 0 Å². The highest BCUT2D eigenvalue weighted by atomic mass is 35.5. The fraction of sp³-hybridized carbons (Fsp3) is 0.316. The molecule has 0 radical (unpaired) electrons. The number of carbonyl (C=O) groups is 3. The summed E-state index contributed by atoms with van der Waals surface area (Å²) in [5.41, 5.74) is 0.892. The van der Waals surface area contributed by atoms with E-state index in [1.807, 2.05) is 12.1 Å². The zero-order valence-corrected chi connectivity index (χ0v) is 16.6. The SMILES string of the molecule is COc1ccc(CNC(=O)[C@@H](C)OC(=O)CCC(=O)c2ccc(Cl)s2)cc1. The Balaban J connectivity index is 1.72. The molecule has 0 aliphatic carbocycles. The molecular formula is C19H20ClNO5S. The van der Waals surface area contributed by atoms with Gasteiger partial charge in [-0.25, -0.2) is 0 Å². The van der Waals surface area contributed by atoms with Crippen molar-refractivity contribution in [2.45, 2.75) is 32.4 Å². The molecule has 0 aliphatic heterocycles. The second kappa shape index (κ2) is 10.1. The third-order valence-electron chi connectivity index (χ3n) is 3.71. The second-order valence-electron chi connectivity index (χ2n) is 5.72. The number of thiophene rings is 1. The van der Waals surface area contributed by atoms with Gasteiger partial charge in [-0.15, -0.1) is 11.3 Å². The van der Waals surface area contributed by atoms with Crippen molar-refractivity contribution in [1.82, 2.24) is 5.32 Å². The molecule has 27 heavy (non-hydrogen) atoms. The van der Waals surface area contributed by atoms with Crippen molar-refractivity contribution in [2.24, 2.45) is 0 Å². The van der Waals surface area contributed by atoms with Crippen molar-refractivity contribution in [3.63, 3.8) is 0 Å². The molecule has 1 atom stereocenters. The number of ketones is 1. The predicted molar refractivity (Wildman–Crippen MR) is 103 cm³/mol. The first kappa shape index (κ1) is 20.9. The summed E-state index contributed by atoms with van der Waals surface area (Å²) in [7, 11) is 1.58. The van der Waals surface area contributed by atoms with Gasteiger partial charge < -0.3 is 14.8 Å². The van der Waals surface area contributed by atoms with Crippen LogP contribution in [0.15, 0.2) is 36.4 Å². The molecule has 1 aromatic heterocycles. The minimum absolute atomic E-state index is 0.00978. The van der Waals surface area contributed by atoms with Crippen LogP contribution in [0.5, 0.6) is 5.75 Å². The summed E-state index contributed by atoms with van der Waals surface area (Å²) in [6.07, 6.45) is -1.03. The predicted octanol–water partition coefficient (Wildman–Crippen LogP) is 3.62. The van der Waals surface area contributed by atoms with E-state index in [0.717, 1.165) is 22.6 Å². The Morgan fingerprint density at radius 2 is 1.81 bits per heavy atom. The Kier molecular flexibility index (Phi) is 7.82. The third-order valence-corrected chi connectivity index (χ3v) is 4.98. The topological polar surface area (TPSA) is 81.7 Å². The molecule has 0 fully saturated rings. The monoisotopic (exact) mass is 409 g/mol. The average molecular weight is 410 g/mol. The number of ether oxygens (including phenoxy) is 2. The molecule has 2 rings (SSSR count). The fourth-order valence-electron chi connectivity index (χ4n) is 2.19. The van der Waals surface area contributed by atoms with Crippen molar-refractivity contribution in [2.75, 3.05) is 7.11 Å². The smallest absolute Gasteiger partial charge is 0.307 e. The van der Waals surface area contributed by atoms with Gasteiger partial charge in [0.05, 0.1) is 22.7 Å². The highest BCUT2D eigenvalue weighted by molar-refractivity contribution is 7.18. The highest BCUT2D eigenvalue weighted by Gasteiger charge is 2.19. The molecule has 1 N–H and O–H groups in total. The van der Waals surface area contributed by atoms with E-state index in [-0.39, 0.29) is 18.6 Å². The Hall–Kier alpha value is -2.38. The fourth-order valence-corrected chi connectivity index (χ4v) is 3.20. The lowest BCUT2D eigenvalue weighted by Crippen LogP contribution is -2.35. The highest BCUT2D eigenvalue weighted by Crippen LogP contribution is 2.23. The van der Waals surface area contributed by atoms with Gasteiger partial charge in [0, 0.05) is 13.0 Å². The number of carbonyl (C=O) groups excluding carboxylic acids is 3. The summed E-state index contributed by atoms with van der Waals surface area (Å²) in [5, 5.41) is 2.70. The number of benzene rings is 1. The average Bonchev–Trinajstić information content (AvgIpc) is 3.11. The summed E-state index contributed by atoms with van der Waals surface area (Å²) in [6.45, 7) is 1.80. The molecule has 0 saturated heterocycles. The lowest BCUT2D eigenvalue weighted by atomic mass is 10.2. The standard InChI is InChI=1S/C19H20ClNO5S/c1-12(19(24)21-11-13-3-5-14(25-2)6-4-13)26-18(23)10-7-15(22)16-8-9-17(20)27-16/h3-6,8-9,12H,7,10-11H2,1-2H3,(H,21,24)/t12-/m1/s1. The van der Waals surface area contributed by atoms with Crippen molar-refractivity contribution in [3.8, 4) is 5.75 Å². The molecule has 6 nitrogen and oxygen atoms in total. The Bertz CT molecular complexity index is 803. The number of Topliss-reactive ketones (excluding diaryl/α,β-unsaturated/α-hetero) is 1. The van der Waals surface area contributed by atoms with Crippen molar-refractivity contribution < 1.29 is 23.9 Å². The van der Waals surface area contributed by atoms with Gasteiger partial charge >= 0.3 is 5.97 Å². The number of rotatable bonds is 9. The van der Waals surface area contributed by atoms with Gasteiger partial charge in [-0.05, 0) is 36.8 Å². The van der Waals surface area contributed by atoms with Gasteiger partial charge in [0.1, 0.15) is 5.75 Å². The number of hydrogen-bond donors (Lipinski definition) is 1. The zero-order valence-electron chi connectivity index (χ0n) is 15.0. The van der Waals surface area contributed by atoms with Gasteiger partial charge in [0.25, 0.3) is 5.91 Å². The molecule has 2 aromatic rings. The maximum Gasteiger partial charge on any atom is 0.307 e. The normalized spacial score (nSPS) is 11.5. The Morgan fingerprint density at radius 1 is 1.11 bits per heavy atom. The largest absolute Gasteiger partial charge is 0.497 e. The summed E-state index contributed by atoms with van der Waals surface area (Å²) in [6, 6.07) is 10.5. The van der Waals surface area contributed by atoms with Gasteiger partial charge in [0.2, 0.25) is 0 Å². The number of halogens is 1. The van der Waals surface area contributed by atoms with Gasteiger partial charge in [0.15, 0.2) is 11.9 Å². The maximum absolute atomic E-state index is 12.0. The molecular weight excluding hydrogens is 390 g/mol. The van der Waals surface area contributed by atoms with Crippen molar-refractivity contribution in [1.29, 1.82) is 0 Å². The lowest BCUT2D eigenvalue weighted by Gasteiger charge is -2.13. The minimum atomic E-state index is -0.943. The van der Waals surface area contributed by atoms with E-state index in [2.05, 4.69) is 5.32 Å². The first-order chi connectivity index (χ1) is 12.9. The quantitative estimate of drug-likeness (QED) is 0.505. The lowest BCUT2D eigenvalue weighted by molar-refractivity contribution is -0.154.